The molecule has 0 aliphatic rings. The zero-order valence-electron chi connectivity index (χ0n) is 11.4. The minimum absolute atomic E-state index is 0.0739. The minimum atomic E-state index is -0.0739. The molecule has 0 saturated carbocycles. The van der Waals surface area contributed by atoms with Crippen molar-refractivity contribution in [2.75, 3.05) is 19.3 Å². The monoisotopic (exact) mass is 276 g/mol. The average molecular weight is 276 g/mol. The van der Waals surface area contributed by atoms with Gasteiger partial charge in [-0.15, -0.1) is 0 Å². The van der Waals surface area contributed by atoms with Crippen LogP contribution in [0.2, 0.25) is 0 Å². The molecule has 3 N–H and O–H groups in total. The van der Waals surface area contributed by atoms with Crippen LogP contribution in [0.3, 0.4) is 0 Å². The van der Waals surface area contributed by atoms with Gasteiger partial charge in [0.1, 0.15) is 0 Å². The molecule has 0 spiro atoms. The fourth-order valence-electron chi connectivity index (χ4n) is 1.54. The van der Waals surface area contributed by atoms with Crippen molar-refractivity contribution >= 4 is 17.7 Å². The van der Waals surface area contributed by atoms with Crippen LogP contribution in [0.1, 0.15) is 29.3 Å². The molecule has 1 atom stereocenters. The summed E-state index contributed by atoms with van der Waals surface area (Å²) in [5, 5.41) is 3.48. The van der Waals surface area contributed by atoms with E-state index in [-0.39, 0.29) is 5.91 Å². The van der Waals surface area contributed by atoms with Gasteiger partial charge >= 0.3 is 0 Å². The van der Waals surface area contributed by atoms with Crippen LogP contribution in [0, 0.1) is 11.8 Å². The second kappa shape index (κ2) is 8.63. The molecule has 0 aliphatic heterocycles. The Kier molecular flexibility index (Phi) is 7.09. The topological polar surface area (TPSA) is 55.1 Å². The van der Waals surface area contributed by atoms with Gasteiger partial charge in [-0.1, -0.05) is 30.9 Å². The van der Waals surface area contributed by atoms with E-state index < -0.39 is 0 Å². The molecule has 1 aromatic rings. The van der Waals surface area contributed by atoms with Crippen molar-refractivity contribution in [3.05, 3.63) is 35.4 Å². The zero-order valence-corrected chi connectivity index (χ0v) is 12.2. The highest BCUT2D eigenvalue weighted by Crippen LogP contribution is 2.09. The lowest BCUT2D eigenvalue weighted by atomic mass is 10.1. The summed E-state index contributed by atoms with van der Waals surface area (Å²) in [4.78, 5) is 12.1. The van der Waals surface area contributed by atoms with E-state index in [1.54, 1.807) is 17.8 Å². The van der Waals surface area contributed by atoms with Gasteiger partial charge in [0.15, 0.2) is 0 Å². The molecule has 1 unspecified atom stereocenters. The molecule has 1 amide bonds. The normalized spacial score (nSPS) is 11.3. The molecule has 1 aromatic carbocycles. The first-order valence-electron chi connectivity index (χ1n) is 6.28. The molecular formula is C15H20N2OS. The fraction of sp³-hybridized carbons (Fsp3) is 0.400. The summed E-state index contributed by atoms with van der Waals surface area (Å²) in [7, 11) is 0. The maximum absolute atomic E-state index is 12.1. The van der Waals surface area contributed by atoms with E-state index in [4.69, 9.17) is 5.73 Å². The Hall–Kier alpha value is -1.44. The van der Waals surface area contributed by atoms with E-state index in [1.807, 2.05) is 18.2 Å². The second-order valence-electron chi connectivity index (χ2n) is 4.14. The standard InChI is InChI=1S/C15H20N2OS/c1-12(19-2)9-11-17-15(18)14-8-4-3-6-13(14)7-5-10-16/h3-4,6,8,12H,9-11,16H2,1-2H3,(H,17,18). The van der Waals surface area contributed by atoms with Crippen LogP contribution in [0.15, 0.2) is 24.3 Å². The van der Waals surface area contributed by atoms with Gasteiger partial charge in [-0.2, -0.15) is 11.8 Å². The molecule has 0 saturated heterocycles. The van der Waals surface area contributed by atoms with Crippen LogP contribution in [-0.2, 0) is 0 Å². The van der Waals surface area contributed by atoms with Crippen molar-refractivity contribution < 1.29 is 4.79 Å². The number of carbonyl (C=O) groups is 1. The van der Waals surface area contributed by atoms with E-state index in [0.717, 1.165) is 12.0 Å². The number of nitrogens with two attached hydrogens (primary N) is 1. The smallest absolute Gasteiger partial charge is 0.252 e. The summed E-state index contributed by atoms with van der Waals surface area (Å²) in [6.45, 7) is 3.12. The number of amides is 1. The average Bonchev–Trinajstić information content (AvgIpc) is 2.45. The van der Waals surface area contributed by atoms with Crippen LogP contribution < -0.4 is 11.1 Å². The fourth-order valence-corrected chi connectivity index (χ4v) is 1.89. The third-order valence-corrected chi connectivity index (χ3v) is 3.78. The second-order valence-corrected chi connectivity index (χ2v) is 5.42. The summed E-state index contributed by atoms with van der Waals surface area (Å²) in [6.07, 6.45) is 3.04. The predicted octanol–water partition coefficient (Wildman–Crippen LogP) is 1.87. The van der Waals surface area contributed by atoms with Crippen molar-refractivity contribution in [1.82, 2.24) is 5.32 Å². The first-order valence-corrected chi connectivity index (χ1v) is 7.56. The van der Waals surface area contributed by atoms with Crippen molar-refractivity contribution in [2.24, 2.45) is 5.73 Å². The molecule has 102 valence electrons. The maximum Gasteiger partial charge on any atom is 0.252 e. The van der Waals surface area contributed by atoms with Gasteiger partial charge in [0.05, 0.1) is 12.1 Å². The molecular weight excluding hydrogens is 256 g/mol. The molecule has 1 rings (SSSR count). The minimum Gasteiger partial charge on any atom is -0.352 e. The lowest BCUT2D eigenvalue weighted by Crippen LogP contribution is -2.26. The molecule has 0 bridgehead atoms. The van der Waals surface area contributed by atoms with Crippen molar-refractivity contribution in [3.63, 3.8) is 0 Å². The quantitative estimate of drug-likeness (QED) is 0.807. The van der Waals surface area contributed by atoms with Crippen molar-refractivity contribution in [2.45, 2.75) is 18.6 Å². The Labute approximate surface area is 119 Å². The molecule has 0 aliphatic carbocycles. The summed E-state index contributed by atoms with van der Waals surface area (Å²) in [6, 6.07) is 7.33. The lowest BCUT2D eigenvalue weighted by Gasteiger charge is -2.10. The number of nitrogens with one attached hydrogen (secondary N) is 1. The first kappa shape index (κ1) is 15.6. The number of hydrogen-bond donors (Lipinski definition) is 2. The lowest BCUT2D eigenvalue weighted by molar-refractivity contribution is 0.0953. The summed E-state index contributed by atoms with van der Waals surface area (Å²) in [5.74, 6) is 5.63. The first-order chi connectivity index (χ1) is 9.19. The molecule has 0 aromatic heterocycles. The highest BCUT2D eigenvalue weighted by atomic mass is 32.2. The van der Waals surface area contributed by atoms with E-state index in [0.29, 0.717) is 23.9 Å². The molecule has 4 heteroatoms. The Balaban J connectivity index is 2.66. The third-order valence-electron chi connectivity index (χ3n) is 2.74. The van der Waals surface area contributed by atoms with E-state index in [2.05, 4.69) is 30.3 Å². The summed E-state index contributed by atoms with van der Waals surface area (Å²) >= 11 is 1.80. The Morgan fingerprint density at radius 3 is 2.89 bits per heavy atom. The molecule has 3 nitrogen and oxygen atoms in total. The van der Waals surface area contributed by atoms with E-state index >= 15 is 0 Å². The van der Waals surface area contributed by atoms with Crippen molar-refractivity contribution in [3.8, 4) is 11.8 Å². The maximum atomic E-state index is 12.1. The van der Waals surface area contributed by atoms with Crippen LogP contribution in [0.4, 0.5) is 0 Å². The summed E-state index contributed by atoms with van der Waals surface area (Å²) in [5.41, 5.74) is 6.69. The van der Waals surface area contributed by atoms with Gasteiger partial charge in [-0.05, 0) is 24.8 Å². The van der Waals surface area contributed by atoms with Crippen LogP contribution in [0.5, 0.6) is 0 Å². The molecule has 0 radical (unpaired) electrons. The molecule has 0 heterocycles. The number of benzene rings is 1. The third kappa shape index (κ3) is 5.37. The summed E-state index contributed by atoms with van der Waals surface area (Å²) < 4.78 is 0. The van der Waals surface area contributed by atoms with Gasteiger partial charge in [0.25, 0.3) is 5.91 Å². The highest BCUT2D eigenvalue weighted by Gasteiger charge is 2.09. The number of thioether (sulfide) groups is 1. The van der Waals surface area contributed by atoms with Gasteiger partial charge < -0.3 is 11.1 Å². The van der Waals surface area contributed by atoms with Crippen molar-refractivity contribution in [1.29, 1.82) is 0 Å². The van der Waals surface area contributed by atoms with E-state index in [9.17, 15) is 4.79 Å². The van der Waals surface area contributed by atoms with Crippen LogP contribution in [-0.4, -0.2) is 30.5 Å². The van der Waals surface area contributed by atoms with E-state index in [1.165, 1.54) is 0 Å². The Bertz CT molecular complexity index is 477. The largest absolute Gasteiger partial charge is 0.352 e. The zero-order chi connectivity index (χ0) is 14.1. The number of carbonyl (C=O) groups excluding carboxylic acids is 1. The van der Waals surface area contributed by atoms with Gasteiger partial charge in [-0.25, -0.2) is 0 Å². The number of hydrogen-bond acceptors (Lipinski definition) is 3. The molecule has 19 heavy (non-hydrogen) atoms. The van der Waals surface area contributed by atoms with Crippen LogP contribution in [0.25, 0.3) is 0 Å². The number of rotatable bonds is 5. The van der Waals surface area contributed by atoms with Crippen LogP contribution >= 0.6 is 11.8 Å². The van der Waals surface area contributed by atoms with Gasteiger partial charge in [-0.3, -0.25) is 4.79 Å². The van der Waals surface area contributed by atoms with Gasteiger partial charge in [0, 0.05) is 17.4 Å². The SMILES string of the molecule is CSC(C)CCNC(=O)c1ccccc1C#CCN. The Morgan fingerprint density at radius 2 is 2.21 bits per heavy atom. The Morgan fingerprint density at radius 1 is 1.47 bits per heavy atom. The predicted molar refractivity (Wildman–Crippen MR) is 82.3 cm³/mol. The highest BCUT2D eigenvalue weighted by molar-refractivity contribution is 7.99. The van der Waals surface area contributed by atoms with Gasteiger partial charge in [0.2, 0.25) is 0 Å². The molecule has 0 fully saturated rings.